The average molecular weight is 373 g/mol. The number of aryl methyl sites for hydroxylation is 1. The van der Waals surface area contributed by atoms with E-state index in [1.54, 1.807) is 16.7 Å². The van der Waals surface area contributed by atoms with E-state index in [1.165, 1.54) is 0 Å². The van der Waals surface area contributed by atoms with Crippen molar-refractivity contribution >= 4 is 23.6 Å². The number of benzene rings is 1. The highest BCUT2D eigenvalue weighted by atomic mass is 16.5. The summed E-state index contributed by atoms with van der Waals surface area (Å²) in [5.74, 6) is -0.281. The van der Waals surface area contributed by atoms with E-state index in [1.807, 2.05) is 31.2 Å². The summed E-state index contributed by atoms with van der Waals surface area (Å²) in [6, 6.07) is 7.44. The van der Waals surface area contributed by atoms with Crippen molar-refractivity contribution in [2.45, 2.75) is 39.2 Å². The Kier molecular flexibility index (Phi) is 5.98. The maximum atomic E-state index is 12.5. The molecule has 0 radical (unpaired) electrons. The van der Waals surface area contributed by atoms with Crippen LogP contribution in [-0.2, 0) is 14.3 Å². The van der Waals surface area contributed by atoms with Gasteiger partial charge in [0, 0.05) is 31.7 Å². The molecule has 2 saturated heterocycles. The fourth-order valence-corrected chi connectivity index (χ4v) is 3.62. The first-order valence-corrected chi connectivity index (χ1v) is 9.57. The molecule has 3 amide bonds. The Balaban J connectivity index is 1.50. The topological polar surface area (TPSA) is 79.0 Å². The molecule has 2 aliphatic heterocycles. The molecule has 0 bridgehead atoms. The molecule has 1 atom stereocenters. The first-order chi connectivity index (χ1) is 13.0. The third kappa shape index (κ3) is 4.59. The Bertz CT molecular complexity index is 696. The standard InChI is InChI=1S/C20H27N3O4/c1-3-27-19(25)15-8-10-22(11-9-15)20(26)21-16-12-18(24)23(13-16)17-6-4-14(2)5-7-17/h4-7,15-16H,3,8-13H2,1-2H3,(H,21,26)/t16-/m0/s1. The summed E-state index contributed by atoms with van der Waals surface area (Å²) in [5, 5.41) is 2.97. The van der Waals surface area contributed by atoms with E-state index < -0.39 is 0 Å². The highest BCUT2D eigenvalue weighted by Crippen LogP contribution is 2.23. The molecule has 2 heterocycles. The number of anilines is 1. The van der Waals surface area contributed by atoms with Crippen LogP contribution >= 0.6 is 0 Å². The molecule has 2 fully saturated rings. The summed E-state index contributed by atoms with van der Waals surface area (Å²) in [5.41, 5.74) is 2.00. The number of esters is 1. The van der Waals surface area contributed by atoms with Crippen LogP contribution in [0.3, 0.4) is 0 Å². The molecule has 27 heavy (non-hydrogen) atoms. The lowest BCUT2D eigenvalue weighted by Crippen LogP contribution is -2.49. The highest BCUT2D eigenvalue weighted by molar-refractivity contribution is 5.96. The van der Waals surface area contributed by atoms with Gasteiger partial charge in [-0.2, -0.15) is 0 Å². The van der Waals surface area contributed by atoms with Gasteiger partial charge in [-0.25, -0.2) is 4.79 Å². The Hall–Kier alpha value is -2.57. The van der Waals surface area contributed by atoms with E-state index >= 15 is 0 Å². The summed E-state index contributed by atoms with van der Waals surface area (Å²) in [6.45, 7) is 5.71. The number of ether oxygens (including phenoxy) is 1. The van der Waals surface area contributed by atoms with Gasteiger partial charge >= 0.3 is 12.0 Å². The van der Waals surface area contributed by atoms with Gasteiger partial charge in [0.2, 0.25) is 5.91 Å². The summed E-state index contributed by atoms with van der Waals surface area (Å²) < 4.78 is 5.06. The number of likely N-dealkylation sites (tertiary alicyclic amines) is 1. The minimum absolute atomic E-state index is 0.0187. The zero-order valence-electron chi connectivity index (χ0n) is 15.9. The van der Waals surface area contributed by atoms with Crippen LogP contribution in [-0.4, -0.2) is 55.1 Å². The Morgan fingerprint density at radius 2 is 1.85 bits per heavy atom. The van der Waals surface area contributed by atoms with Crippen LogP contribution in [0.5, 0.6) is 0 Å². The zero-order chi connectivity index (χ0) is 19.4. The molecule has 3 rings (SSSR count). The second-order valence-corrected chi connectivity index (χ2v) is 7.20. The van der Waals surface area contributed by atoms with E-state index in [2.05, 4.69) is 5.32 Å². The smallest absolute Gasteiger partial charge is 0.317 e. The fraction of sp³-hybridized carbons (Fsp3) is 0.550. The van der Waals surface area contributed by atoms with Crippen LogP contribution in [0, 0.1) is 12.8 Å². The van der Waals surface area contributed by atoms with E-state index in [-0.39, 0.29) is 29.9 Å². The zero-order valence-corrected chi connectivity index (χ0v) is 15.9. The van der Waals surface area contributed by atoms with Crippen molar-refractivity contribution in [3.8, 4) is 0 Å². The SMILES string of the molecule is CCOC(=O)C1CCN(C(=O)N[C@H]2CC(=O)N(c3ccc(C)cc3)C2)CC1. The molecule has 0 spiro atoms. The van der Waals surface area contributed by atoms with Gasteiger partial charge in [0.05, 0.1) is 18.6 Å². The van der Waals surface area contributed by atoms with Crippen molar-refractivity contribution in [2.75, 3.05) is 31.1 Å². The van der Waals surface area contributed by atoms with E-state index in [0.717, 1.165) is 11.3 Å². The van der Waals surface area contributed by atoms with Crippen LogP contribution < -0.4 is 10.2 Å². The van der Waals surface area contributed by atoms with Gasteiger partial charge in [0.15, 0.2) is 0 Å². The number of hydrogen-bond donors (Lipinski definition) is 1. The van der Waals surface area contributed by atoms with Crippen LogP contribution in [0.4, 0.5) is 10.5 Å². The first-order valence-electron chi connectivity index (χ1n) is 9.57. The number of urea groups is 1. The summed E-state index contributed by atoms with van der Waals surface area (Å²) in [6.07, 6.45) is 1.54. The fourth-order valence-electron chi connectivity index (χ4n) is 3.62. The van der Waals surface area contributed by atoms with Crippen molar-refractivity contribution in [2.24, 2.45) is 5.92 Å². The van der Waals surface area contributed by atoms with Crippen molar-refractivity contribution < 1.29 is 19.1 Å². The third-order valence-corrected chi connectivity index (χ3v) is 5.20. The van der Waals surface area contributed by atoms with E-state index in [4.69, 9.17) is 4.74 Å². The minimum atomic E-state index is -0.200. The van der Waals surface area contributed by atoms with Gasteiger partial charge in [-0.15, -0.1) is 0 Å². The number of carbonyl (C=O) groups excluding carboxylic acids is 3. The molecule has 0 unspecified atom stereocenters. The summed E-state index contributed by atoms with van der Waals surface area (Å²) in [7, 11) is 0. The van der Waals surface area contributed by atoms with Crippen LogP contribution in [0.2, 0.25) is 0 Å². The Morgan fingerprint density at radius 3 is 2.48 bits per heavy atom. The minimum Gasteiger partial charge on any atom is -0.466 e. The predicted molar refractivity (Wildman–Crippen MR) is 101 cm³/mol. The molecule has 7 nitrogen and oxygen atoms in total. The van der Waals surface area contributed by atoms with Crippen LogP contribution in [0.1, 0.15) is 31.7 Å². The van der Waals surface area contributed by atoms with Crippen molar-refractivity contribution in [1.82, 2.24) is 10.2 Å². The Labute approximate surface area is 159 Å². The predicted octanol–water partition coefficient (Wildman–Crippen LogP) is 2.09. The number of carbonyl (C=O) groups is 3. The Morgan fingerprint density at radius 1 is 1.19 bits per heavy atom. The maximum Gasteiger partial charge on any atom is 0.317 e. The van der Waals surface area contributed by atoms with Crippen LogP contribution in [0.15, 0.2) is 24.3 Å². The molecule has 2 aliphatic rings. The largest absolute Gasteiger partial charge is 0.466 e. The number of nitrogens with zero attached hydrogens (tertiary/aromatic N) is 2. The maximum absolute atomic E-state index is 12.5. The number of nitrogens with one attached hydrogen (secondary N) is 1. The monoisotopic (exact) mass is 373 g/mol. The molecule has 0 aliphatic carbocycles. The molecule has 0 aromatic heterocycles. The number of hydrogen-bond acceptors (Lipinski definition) is 4. The number of piperidine rings is 1. The van der Waals surface area contributed by atoms with Crippen molar-refractivity contribution in [1.29, 1.82) is 0 Å². The normalized spacial score (nSPS) is 20.7. The molecule has 1 aromatic carbocycles. The molecule has 1 N–H and O–H groups in total. The lowest BCUT2D eigenvalue weighted by molar-refractivity contribution is -0.149. The highest BCUT2D eigenvalue weighted by Gasteiger charge is 2.34. The van der Waals surface area contributed by atoms with Gasteiger partial charge in [0.25, 0.3) is 0 Å². The molecular formula is C20H27N3O4. The van der Waals surface area contributed by atoms with Gasteiger partial charge in [-0.05, 0) is 38.8 Å². The number of amides is 3. The lowest BCUT2D eigenvalue weighted by atomic mass is 9.97. The molecule has 146 valence electrons. The van der Waals surface area contributed by atoms with Crippen LogP contribution in [0.25, 0.3) is 0 Å². The lowest BCUT2D eigenvalue weighted by Gasteiger charge is -2.31. The molecular weight excluding hydrogens is 346 g/mol. The van der Waals surface area contributed by atoms with Gasteiger partial charge < -0.3 is 19.9 Å². The van der Waals surface area contributed by atoms with Gasteiger partial charge in [-0.1, -0.05) is 17.7 Å². The second-order valence-electron chi connectivity index (χ2n) is 7.20. The number of rotatable bonds is 4. The third-order valence-electron chi connectivity index (χ3n) is 5.20. The molecule has 0 saturated carbocycles. The second kappa shape index (κ2) is 8.41. The molecule has 1 aromatic rings. The average Bonchev–Trinajstić information content (AvgIpc) is 3.02. The van der Waals surface area contributed by atoms with Gasteiger partial charge in [0.1, 0.15) is 0 Å². The quantitative estimate of drug-likeness (QED) is 0.820. The first kappa shape index (κ1) is 19.2. The van der Waals surface area contributed by atoms with Crippen molar-refractivity contribution in [3.05, 3.63) is 29.8 Å². The van der Waals surface area contributed by atoms with E-state index in [0.29, 0.717) is 45.5 Å². The summed E-state index contributed by atoms with van der Waals surface area (Å²) >= 11 is 0. The van der Waals surface area contributed by atoms with Gasteiger partial charge in [-0.3, -0.25) is 9.59 Å². The van der Waals surface area contributed by atoms with Crippen molar-refractivity contribution in [3.63, 3.8) is 0 Å². The molecule has 7 heteroatoms. The van der Waals surface area contributed by atoms with E-state index in [9.17, 15) is 14.4 Å². The summed E-state index contributed by atoms with van der Waals surface area (Å²) in [4.78, 5) is 40.1.